The van der Waals surface area contributed by atoms with Crippen molar-refractivity contribution in [2.24, 2.45) is 22.2 Å². The van der Waals surface area contributed by atoms with E-state index in [9.17, 15) is 29.1 Å². The first-order chi connectivity index (χ1) is 15.4. The number of nitrogens with zero attached hydrogens (tertiary/aromatic N) is 1. The molecular weight excluding hydrogens is 462 g/mol. The van der Waals surface area contributed by atoms with Gasteiger partial charge in [-0.3, -0.25) is 24.2 Å². The number of aliphatic imine (C=N–C) groups is 1. The standard InChI is InChI=1S/C17H31N7O8S/c18-8(2-1-5-21-17(19)20)13(28)24-11(7-33)15(30)23-10(6-25)14(29)22-9(16(31)32)3-4-12(26)27/h8-11,25,33H,1-7,18H2,(H,22,29)(H,23,30)(H,24,28)(H,26,27)(H,31,32)(H4,19,20,21). The number of aliphatic hydroxyl groups excluding tert-OH is 1. The number of carboxylic acid groups (broad SMARTS) is 2. The Morgan fingerprint density at radius 2 is 1.42 bits per heavy atom. The number of carbonyl (C=O) groups is 5. The largest absolute Gasteiger partial charge is 0.481 e. The van der Waals surface area contributed by atoms with Crippen LogP contribution in [0.2, 0.25) is 0 Å². The lowest BCUT2D eigenvalue weighted by atomic mass is 10.1. The molecule has 188 valence electrons. The van der Waals surface area contributed by atoms with Crippen LogP contribution in [0.25, 0.3) is 0 Å². The van der Waals surface area contributed by atoms with Crippen LogP contribution in [0, 0.1) is 0 Å². The third-order valence-corrected chi connectivity index (χ3v) is 4.56. The van der Waals surface area contributed by atoms with Gasteiger partial charge in [-0.05, 0) is 19.3 Å². The molecule has 15 nitrogen and oxygen atoms in total. The number of carboxylic acids is 2. The molecular formula is C17H31N7O8S. The van der Waals surface area contributed by atoms with Crippen molar-refractivity contribution in [2.45, 2.75) is 49.9 Å². The highest BCUT2D eigenvalue weighted by Crippen LogP contribution is 2.01. The van der Waals surface area contributed by atoms with Crippen LogP contribution < -0.4 is 33.2 Å². The molecule has 4 unspecified atom stereocenters. The van der Waals surface area contributed by atoms with E-state index in [4.69, 9.17) is 27.4 Å². The molecule has 0 aromatic rings. The minimum absolute atomic E-state index is 0.0983. The smallest absolute Gasteiger partial charge is 0.326 e. The third-order valence-electron chi connectivity index (χ3n) is 4.20. The fraction of sp³-hybridized carbons (Fsp3) is 0.647. The van der Waals surface area contributed by atoms with Crippen LogP contribution in [0.5, 0.6) is 0 Å². The number of hydrogen-bond acceptors (Lipinski definition) is 9. The fourth-order valence-electron chi connectivity index (χ4n) is 2.39. The maximum atomic E-state index is 12.4. The topological polar surface area (TPSA) is 273 Å². The van der Waals surface area contributed by atoms with Gasteiger partial charge < -0.3 is 48.5 Å². The number of thiol groups is 1. The molecule has 0 radical (unpaired) electrons. The van der Waals surface area contributed by atoms with E-state index in [0.29, 0.717) is 6.42 Å². The fourth-order valence-corrected chi connectivity index (χ4v) is 2.64. The van der Waals surface area contributed by atoms with Gasteiger partial charge in [0.2, 0.25) is 17.7 Å². The molecule has 0 fully saturated rings. The summed E-state index contributed by atoms with van der Waals surface area (Å²) in [7, 11) is 0. The predicted octanol–water partition coefficient (Wildman–Crippen LogP) is -4.31. The summed E-state index contributed by atoms with van der Waals surface area (Å²) >= 11 is 3.98. The minimum Gasteiger partial charge on any atom is -0.481 e. The lowest BCUT2D eigenvalue weighted by Crippen LogP contribution is -2.58. The van der Waals surface area contributed by atoms with Gasteiger partial charge >= 0.3 is 11.9 Å². The van der Waals surface area contributed by atoms with Crippen LogP contribution in [-0.2, 0) is 24.0 Å². The number of nitrogens with two attached hydrogens (primary N) is 3. The molecule has 0 spiro atoms. The van der Waals surface area contributed by atoms with Gasteiger partial charge in [0.1, 0.15) is 18.1 Å². The maximum Gasteiger partial charge on any atom is 0.326 e. The Hall–Kier alpha value is -3.11. The van der Waals surface area contributed by atoms with Crippen molar-refractivity contribution in [3.8, 4) is 0 Å². The number of nitrogens with one attached hydrogen (secondary N) is 3. The maximum absolute atomic E-state index is 12.4. The van der Waals surface area contributed by atoms with Crippen molar-refractivity contribution < 1.29 is 39.3 Å². The van der Waals surface area contributed by atoms with Gasteiger partial charge in [-0.1, -0.05) is 0 Å². The van der Waals surface area contributed by atoms with E-state index in [0.717, 1.165) is 0 Å². The second-order valence-electron chi connectivity index (χ2n) is 6.87. The molecule has 0 aromatic heterocycles. The van der Waals surface area contributed by atoms with Crippen LogP contribution >= 0.6 is 12.6 Å². The first-order valence-electron chi connectivity index (χ1n) is 9.81. The van der Waals surface area contributed by atoms with Gasteiger partial charge in [-0.15, -0.1) is 0 Å². The summed E-state index contributed by atoms with van der Waals surface area (Å²) in [6.07, 6.45) is -0.298. The Balaban J connectivity index is 4.90. The minimum atomic E-state index is -1.56. The Bertz CT molecular complexity index is 732. The van der Waals surface area contributed by atoms with Crippen molar-refractivity contribution in [3.05, 3.63) is 0 Å². The number of hydrogen-bond donors (Lipinski definition) is 10. The van der Waals surface area contributed by atoms with E-state index in [1.54, 1.807) is 0 Å². The van der Waals surface area contributed by atoms with Gasteiger partial charge in [-0.25, -0.2) is 4.79 Å². The van der Waals surface area contributed by atoms with Crippen LogP contribution in [0.1, 0.15) is 25.7 Å². The average Bonchev–Trinajstić information content (AvgIpc) is 2.74. The van der Waals surface area contributed by atoms with Gasteiger partial charge in [0.25, 0.3) is 0 Å². The summed E-state index contributed by atoms with van der Waals surface area (Å²) in [5.74, 6) is -5.61. The number of carbonyl (C=O) groups excluding carboxylic acids is 3. The van der Waals surface area contributed by atoms with Gasteiger partial charge in [-0.2, -0.15) is 12.6 Å². The van der Waals surface area contributed by atoms with Gasteiger partial charge in [0, 0.05) is 18.7 Å². The summed E-state index contributed by atoms with van der Waals surface area (Å²) in [5, 5.41) is 33.8. The molecule has 12 N–H and O–H groups in total. The Labute approximate surface area is 194 Å². The zero-order valence-electron chi connectivity index (χ0n) is 17.8. The molecule has 0 aliphatic carbocycles. The molecule has 0 aromatic carbocycles. The first kappa shape index (κ1) is 29.9. The molecule has 16 heteroatoms. The Kier molecular flexibility index (Phi) is 14.2. The lowest BCUT2D eigenvalue weighted by molar-refractivity contribution is -0.143. The number of guanidine groups is 1. The average molecular weight is 494 g/mol. The van der Waals surface area contributed by atoms with Gasteiger partial charge in [0.05, 0.1) is 12.6 Å². The molecule has 0 rings (SSSR count). The number of aliphatic carboxylic acids is 2. The molecule has 0 heterocycles. The summed E-state index contributed by atoms with van der Waals surface area (Å²) in [6, 6.07) is -5.29. The normalized spacial score (nSPS) is 14.2. The van der Waals surface area contributed by atoms with Crippen LogP contribution in [-0.4, -0.2) is 94.0 Å². The Morgan fingerprint density at radius 3 is 1.91 bits per heavy atom. The number of amides is 3. The molecule has 33 heavy (non-hydrogen) atoms. The monoisotopic (exact) mass is 493 g/mol. The van der Waals surface area contributed by atoms with Gasteiger partial charge in [0.15, 0.2) is 5.96 Å². The molecule has 0 saturated carbocycles. The summed E-state index contributed by atoms with van der Waals surface area (Å²) in [5.41, 5.74) is 16.1. The van der Waals surface area contributed by atoms with Crippen molar-refractivity contribution in [1.82, 2.24) is 16.0 Å². The van der Waals surface area contributed by atoms with E-state index >= 15 is 0 Å². The second-order valence-corrected chi connectivity index (χ2v) is 7.24. The number of aliphatic hydroxyl groups is 1. The third kappa shape index (κ3) is 12.5. The molecule has 4 atom stereocenters. The Morgan fingerprint density at radius 1 is 0.879 bits per heavy atom. The highest BCUT2D eigenvalue weighted by atomic mass is 32.1. The summed E-state index contributed by atoms with van der Waals surface area (Å²) < 4.78 is 0. The van der Waals surface area contributed by atoms with Crippen molar-refractivity contribution in [2.75, 3.05) is 18.9 Å². The molecule has 0 bridgehead atoms. The summed E-state index contributed by atoms with van der Waals surface area (Å²) in [6.45, 7) is -0.628. The second kappa shape index (κ2) is 15.7. The van der Waals surface area contributed by atoms with E-state index in [2.05, 4.69) is 28.3 Å². The van der Waals surface area contributed by atoms with Crippen LogP contribution in [0.4, 0.5) is 0 Å². The van der Waals surface area contributed by atoms with E-state index in [-0.39, 0.29) is 24.7 Å². The zero-order chi connectivity index (χ0) is 25.6. The van der Waals surface area contributed by atoms with Crippen molar-refractivity contribution in [3.63, 3.8) is 0 Å². The van der Waals surface area contributed by atoms with E-state index in [1.807, 2.05) is 5.32 Å². The van der Waals surface area contributed by atoms with Crippen molar-refractivity contribution in [1.29, 1.82) is 0 Å². The van der Waals surface area contributed by atoms with E-state index < -0.39 is 73.3 Å². The predicted molar refractivity (Wildman–Crippen MR) is 119 cm³/mol. The first-order valence-corrected chi connectivity index (χ1v) is 10.4. The SMILES string of the molecule is NC(N)=NCCCC(N)C(=O)NC(CS)C(=O)NC(CO)C(=O)NC(CCC(=O)O)C(=O)O. The van der Waals surface area contributed by atoms with Crippen molar-refractivity contribution >= 4 is 48.2 Å². The highest BCUT2D eigenvalue weighted by molar-refractivity contribution is 7.80. The molecule has 3 amide bonds. The highest BCUT2D eigenvalue weighted by Gasteiger charge is 2.29. The lowest BCUT2D eigenvalue weighted by Gasteiger charge is -2.23. The molecule has 0 aliphatic heterocycles. The number of rotatable bonds is 16. The van der Waals surface area contributed by atoms with E-state index in [1.165, 1.54) is 0 Å². The van der Waals surface area contributed by atoms with Crippen LogP contribution in [0.3, 0.4) is 0 Å². The zero-order valence-corrected chi connectivity index (χ0v) is 18.7. The van der Waals surface area contributed by atoms with Crippen LogP contribution in [0.15, 0.2) is 4.99 Å². The molecule has 0 saturated heterocycles. The quantitative estimate of drug-likeness (QED) is 0.0425. The molecule has 0 aliphatic rings. The summed E-state index contributed by atoms with van der Waals surface area (Å²) in [4.78, 5) is 62.5.